The predicted octanol–water partition coefficient (Wildman–Crippen LogP) is 6.52. The minimum atomic E-state index is -4.61. The average Bonchev–Trinajstić information content (AvgIpc) is 3.13. The first-order valence-corrected chi connectivity index (χ1v) is 9.12. The van der Waals surface area contributed by atoms with Gasteiger partial charge in [0.1, 0.15) is 0 Å². The van der Waals surface area contributed by atoms with Crippen molar-refractivity contribution in [3.05, 3.63) is 64.8 Å². The van der Waals surface area contributed by atoms with Gasteiger partial charge in [-0.15, -0.1) is 0 Å². The van der Waals surface area contributed by atoms with Crippen LogP contribution in [0.1, 0.15) is 31.0 Å². The first-order valence-electron chi connectivity index (χ1n) is 8.74. The van der Waals surface area contributed by atoms with Gasteiger partial charge in [-0.25, -0.2) is 4.79 Å². The van der Waals surface area contributed by atoms with E-state index >= 15 is 0 Å². The van der Waals surface area contributed by atoms with E-state index in [1.54, 1.807) is 18.2 Å². The van der Waals surface area contributed by atoms with Gasteiger partial charge in [-0.2, -0.15) is 18.3 Å². The van der Waals surface area contributed by atoms with Gasteiger partial charge in [0.05, 0.1) is 16.3 Å². The maximum atomic E-state index is 12.9. The van der Waals surface area contributed by atoms with Crippen LogP contribution in [0.2, 0.25) is 5.02 Å². The SMILES string of the molecule is CC(C)c1cc(-c2cccc(NC(=O)Nc3ccc(Cl)c(C(F)(F)F)c3)c2)n[nH]1. The zero-order chi connectivity index (χ0) is 21.2. The van der Waals surface area contributed by atoms with Crippen LogP contribution in [-0.2, 0) is 6.18 Å². The molecule has 0 fully saturated rings. The molecule has 0 bridgehead atoms. The number of amides is 2. The number of halogens is 4. The molecule has 0 aliphatic heterocycles. The summed E-state index contributed by atoms with van der Waals surface area (Å²) in [7, 11) is 0. The van der Waals surface area contributed by atoms with Gasteiger partial charge < -0.3 is 10.6 Å². The zero-order valence-electron chi connectivity index (χ0n) is 15.6. The Labute approximate surface area is 170 Å². The van der Waals surface area contributed by atoms with E-state index in [1.807, 2.05) is 26.0 Å². The Morgan fingerprint density at radius 1 is 1.07 bits per heavy atom. The van der Waals surface area contributed by atoms with Gasteiger partial charge in [0.2, 0.25) is 0 Å². The number of H-pyrrole nitrogens is 1. The molecule has 0 aliphatic rings. The molecule has 3 aromatic rings. The summed E-state index contributed by atoms with van der Waals surface area (Å²) in [6.45, 7) is 4.08. The van der Waals surface area contributed by atoms with Gasteiger partial charge in [-0.3, -0.25) is 5.10 Å². The monoisotopic (exact) mass is 422 g/mol. The number of rotatable bonds is 4. The molecular weight excluding hydrogens is 405 g/mol. The van der Waals surface area contributed by atoms with E-state index in [2.05, 4.69) is 20.8 Å². The van der Waals surface area contributed by atoms with Crippen LogP contribution in [0.3, 0.4) is 0 Å². The molecule has 0 saturated carbocycles. The number of carbonyl (C=O) groups is 1. The van der Waals surface area contributed by atoms with Crippen molar-refractivity contribution in [2.24, 2.45) is 0 Å². The van der Waals surface area contributed by atoms with Gasteiger partial charge >= 0.3 is 12.2 Å². The highest BCUT2D eigenvalue weighted by Crippen LogP contribution is 2.36. The predicted molar refractivity (Wildman–Crippen MR) is 107 cm³/mol. The molecule has 29 heavy (non-hydrogen) atoms. The number of nitrogens with one attached hydrogen (secondary N) is 3. The average molecular weight is 423 g/mol. The summed E-state index contributed by atoms with van der Waals surface area (Å²) < 4.78 is 38.8. The highest BCUT2D eigenvalue weighted by molar-refractivity contribution is 6.31. The second-order valence-corrected chi connectivity index (χ2v) is 7.12. The van der Waals surface area contributed by atoms with Crippen LogP contribution in [-0.4, -0.2) is 16.2 Å². The van der Waals surface area contributed by atoms with Crippen molar-refractivity contribution in [2.75, 3.05) is 10.6 Å². The smallest absolute Gasteiger partial charge is 0.308 e. The molecule has 0 atom stereocenters. The second-order valence-electron chi connectivity index (χ2n) is 6.72. The summed E-state index contributed by atoms with van der Waals surface area (Å²) in [5, 5.41) is 11.8. The van der Waals surface area contributed by atoms with Crippen LogP contribution < -0.4 is 10.6 Å². The molecule has 0 radical (unpaired) electrons. The van der Waals surface area contributed by atoms with E-state index < -0.39 is 22.8 Å². The van der Waals surface area contributed by atoms with Crippen LogP contribution in [0, 0.1) is 0 Å². The fourth-order valence-electron chi connectivity index (χ4n) is 2.65. The molecule has 0 spiro atoms. The summed E-state index contributed by atoms with van der Waals surface area (Å²) >= 11 is 5.59. The highest BCUT2D eigenvalue weighted by atomic mass is 35.5. The molecule has 152 valence electrons. The lowest BCUT2D eigenvalue weighted by Gasteiger charge is -2.12. The lowest BCUT2D eigenvalue weighted by molar-refractivity contribution is -0.137. The quantitative estimate of drug-likeness (QED) is 0.448. The number of urea groups is 1. The molecule has 1 aromatic heterocycles. The minimum absolute atomic E-state index is 0.0238. The molecule has 2 aromatic carbocycles. The Bertz CT molecular complexity index is 1030. The van der Waals surface area contributed by atoms with Crippen LogP contribution in [0.4, 0.5) is 29.3 Å². The van der Waals surface area contributed by atoms with Crippen molar-refractivity contribution >= 4 is 29.0 Å². The zero-order valence-corrected chi connectivity index (χ0v) is 16.3. The van der Waals surface area contributed by atoms with E-state index in [9.17, 15) is 18.0 Å². The van der Waals surface area contributed by atoms with E-state index in [4.69, 9.17) is 11.6 Å². The van der Waals surface area contributed by atoms with Crippen molar-refractivity contribution in [2.45, 2.75) is 25.9 Å². The third kappa shape index (κ3) is 5.08. The summed E-state index contributed by atoms with van der Waals surface area (Å²) in [6, 6.07) is 11.4. The van der Waals surface area contributed by atoms with Gasteiger partial charge in [-0.1, -0.05) is 37.6 Å². The molecule has 0 unspecified atom stereocenters. The van der Waals surface area contributed by atoms with Crippen molar-refractivity contribution < 1.29 is 18.0 Å². The van der Waals surface area contributed by atoms with Gasteiger partial charge in [-0.05, 0) is 42.3 Å². The fraction of sp³-hybridized carbons (Fsp3) is 0.200. The second kappa shape index (κ2) is 8.16. The molecule has 1 heterocycles. The first kappa shape index (κ1) is 20.7. The highest BCUT2D eigenvalue weighted by Gasteiger charge is 2.33. The number of anilines is 2. The third-order valence-electron chi connectivity index (χ3n) is 4.17. The summed E-state index contributed by atoms with van der Waals surface area (Å²) in [4.78, 5) is 12.2. The number of aromatic nitrogens is 2. The molecule has 9 heteroatoms. The molecule has 2 amide bonds. The van der Waals surface area contributed by atoms with Crippen molar-refractivity contribution in [1.29, 1.82) is 0 Å². The van der Waals surface area contributed by atoms with Gasteiger partial charge in [0.25, 0.3) is 0 Å². The summed E-state index contributed by atoms with van der Waals surface area (Å²) in [5.74, 6) is 0.296. The number of nitrogens with zero attached hydrogens (tertiary/aromatic N) is 1. The summed E-state index contributed by atoms with van der Waals surface area (Å²) in [6.07, 6.45) is -4.61. The van der Waals surface area contributed by atoms with Crippen LogP contribution in [0.25, 0.3) is 11.3 Å². The van der Waals surface area contributed by atoms with Gasteiger partial charge in [0.15, 0.2) is 0 Å². The largest absolute Gasteiger partial charge is 0.417 e. The normalized spacial score (nSPS) is 11.6. The van der Waals surface area contributed by atoms with E-state index in [-0.39, 0.29) is 5.69 Å². The van der Waals surface area contributed by atoms with E-state index in [1.165, 1.54) is 6.07 Å². The Balaban J connectivity index is 1.73. The molecule has 3 rings (SSSR count). The topological polar surface area (TPSA) is 69.8 Å². The molecule has 0 saturated heterocycles. The minimum Gasteiger partial charge on any atom is -0.308 e. The number of alkyl halides is 3. The molecule has 3 N–H and O–H groups in total. The van der Waals surface area contributed by atoms with Gasteiger partial charge in [0, 0.05) is 22.6 Å². The fourth-order valence-corrected chi connectivity index (χ4v) is 2.87. The van der Waals surface area contributed by atoms with Crippen LogP contribution >= 0.6 is 11.6 Å². The summed E-state index contributed by atoms with van der Waals surface area (Å²) in [5.41, 5.74) is 1.93. The number of hydrogen-bond donors (Lipinski definition) is 3. The maximum Gasteiger partial charge on any atom is 0.417 e. The molecule has 0 aliphatic carbocycles. The third-order valence-corrected chi connectivity index (χ3v) is 4.50. The van der Waals surface area contributed by atoms with E-state index in [0.717, 1.165) is 29.1 Å². The number of aromatic amines is 1. The number of benzene rings is 2. The van der Waals surface area contributed by atoms with Crippen molar-refractivity contribution in [3.8, 4) is 11.3 Å². The maximum absolute atomic E-state index is 12.9. The number of hydrogen-bond acceptors (Lipinski definition) is 2. The van der Waals surface area contributed by atoms with Crippen LogP contribution in [0.15, 0.2) is 48.5 Å². The van der Waals surface area contributed by atoms with Crippen molar-refractivity contribution in [3.63, 3.8) is 0 Å². The molecule has 5 nitrogen and oxygen atoms in total. The lowest BCUT2D eigenvalue weighted by Crippen LogP contribution is -2.20. The standard InChI is InChI=1S/C20H18ClF3N4O/c1-11(2)17-10-18(28-27-17)12-4-3-5-13(8-12)25-19(29)26-14-6-7-16(21)15(9-14)20(22,23)24/h3-11H,1-2H3,(H,27,28)(H2,25,26,29). The van der Waals surface area contributed by atoms with Crippen molar-refractivity contribution in [1.82, 2.24) is 10.2 Å². The van der Waals surface area contributed by atoms with E-state index in [0.29, 0.717) is 11.6 Å². The molecular formula is C20H18ClF3N4O. The lowest BCUT2D eigenvalue weighted by atomic mass is 10.1. The first-order chi connectivity index (χ1) is 13.6. The Hall–Kier alpha value is -3.00. The van der Waals surface area contributed by atoms with Crippen LogP contribution in [0.5, 0.6) is 0 Å². The number of carbonyl (C=O) groups excluding carboxylic acids is 1. The Kier molecular flexibility index (Phi) is 5.83. The Morgan fingerprint density at radius 3 is 2.38 bits per heavy atom. The Morgan fingerprint density at radius 2 is 1.76 bits per heavy atom.